The first-order chi connectivity index (χ1) is 17.5. The number of aliphatic hydroxyl groups is 1. The van der Waals surface area contributed by atoms with E-state index in [0.29, 0.717) is 36.6 Å². The molecule has 12 heteroatoms. The maximum atomic E-state index is 12.4. The third kappa shape index (κ3) is 9.51. The van der Waals surface area contributed by atoms with E-state index >= 15 is 0 Å². The zero-order valence-electron chi connectivity index (χ0n) is 21.5. The van der Waals surface area contributed by atoms with Crippen molar-refractivity contribution in [2.24, 2.45) is 16.5 Å². The van der Waals surface area contributed by atoms with Gasteiger partial charge in [-0.05, 0) is 80.5 Å². The van der Waals surface area contributed by atoms with Crippen LogP contribution >= 0.6 is 11.6 Å². The lowest BCUT2D eigenvalue weighted by Gasteiger charge is -2.18. The number of halogens is 1. The molecule has 7 N–H and O–H groups in total. The van der Waals surface area contributed by atoms with Crippen LogP contribution in [0.1, 0.15) is 35.1 Å². The molecule has 0 aromatic heterocycles. The number of aliphatic hydroxyl groups excluding tert-OH is 1. The van der Waals surface area contributed by atoms with Crippen molar-refractivity contribution in [2.45, 2.75) is 52.2 Å². The fourth-order valence-electron chi connectivity index (χ4n) is 3.54. The number of aliphatic imine (C=N–C) groups is 1. The topological polar surface area (TPSA) is 161 Å². The molecule has 2 unspecified atom stereocenters. The van der Waals surface area contributed by atoms with E-state index in [-0.39, 0.29) is 12.5 Å². The van der Waals surface area contributed by atoms with Gasteiger partial charge in [-0.1, -0.05) is 23.7 Å². The van der Waals surface area contributed by atoms with Crippen LogP contribution in [0, 0.1) is 20.8 Å². The summed E-state index contributed by atoms with van der Waals surface area (Å²) in [7, 11) is 1.59. The van der Waals surface area contributed by atoms with Gasteiger partial charge in [0.15, 0.2) is 0 Å². The molecule has 0 radical (unpaired) electrons. The van der Waals surface area contributed by atoms with Crippen molar-refractivity contribution in [3.8, 4) is 11.5 Å². The fraction of sp³-hybridized carbons (Fsp3) is 0.440. The number of carbonyl (C=O) groups is 1. The van der Waals surface area contributed by atoms with Gasteiger partial charge in [-0.25, -0.2) is 4.72 Å². The Morgan fingerprint density at radius 2 is 1.89 bits per heavy atom. The average Bonchev–Trinajstić information content (AvgIpc) is 2.87. The lowest BCUT2D eigenvalue weighted by Crippen LogP contribution is -2.46. The summed E-state index contributed by atoms with van der Waals surface area (Å²) in [6, 6.07) is 8.36. The Balaban J connectivity index is 1.73. The molecule has 3 atom stereocenters. The Bertz CT molecular complexity index is 1110. The summed E-state index contributed by atoms with van der Waals surface area (Å²) in [5, 5.41) is 13.5. The van der Waals surface area contributed by atoms with Crippen molar-refractivity contribution in [3.63, 3.8) is 0 Å². The third-order valence-corrected chi connectivity index (χ3v) is 6.77. The fourth-order valence-corrected chi connectivity index (χ4v) is 4.35. The molecule has 0 aliphatic heterocycles. The van der Waals surface area contributed by atoms with Crippen LogP contribution in [-0.2, 0) is 22.5 Å². The van der Waals surface area contributed by atoms with Crippen molar-refractivity contribution < 1.29 is 23.0 Å². The number of nitrogens with one attached hydrogen (secondary N) is 2. The van der Waals surface area contributed by atoms with Crippen LogP contribution in [0.5, 0.6) is 11.5 Å². The van der Waals surface area contributed by atoms with Crippen LogP contribution < -0.4 is 30.4 Å². The Morgan fingerprint density at radius 3 is 2.54 bits per heavy atom. The SMILES string of the molecule is COc1cc(C)c(OS(=O)NC(N)=NCCC[C@H](N)C(O)C(=O)NCCc2ccc(Cl)cc2)c(C)c1C. The standard InChI is InChI=1S/C25H36ClN5O5S/c1-15-14-21(35-4)16(2)17(3)23(15)36-37(34)31-25(28)30-12-5-6-20(27)22(32)24(33)29-13-11-18-7-9-19(26)10-8-18/h7-10,14,20,22,32H,5-6,11-13,27H2,1-4H3,(H,29,33)(H3,28,30,31)/t20-,22?,37?/m0/s1. The summed E-state index contributed by atoms with van der Waals surface area (Å²) < 4.78 is 25.7. The van der Waals surface area contributed by atoms with E-state index in [4.69, 9.17) is 32.0 Å². The zero-order valence-corrected chi connectivity index (χ0v) is 23.1. The van der Waals surface area contributed by atoms with Gasteiger partial charge >= 0.3 is 11.3 Å². The van der Waals surface area contributed by atoms with E-state index in [9.17, 15) is 14.1 Å². The van der Waals surface area contributed by atoms with Gasteiger partial charge in [-0.2, -0.15) is 4.21 Å². The minimum atomic E-state index is -1.96. The van der Waals surface area contributed by atoms with Gasteiger partial charge in [-0.15, -0.1) is 0 Å². The van der Waals surface area contributed by atoms with Crippen LogP contribution in [0.15, 0.2) is 35.3 Å². The predicted octanol–water partition coefficient (Wildman–Crippen LogP) is 1.96. The monoisotopic (exact) mass is 553 g/mol. The molecular formula is C25H36ClN5O5S. The van der Waals surface area contributed by atoms with Gasteiger partial charge in [0.1, 0.15) is 17.6 Å². The second-order valence-electron chi connectivity index (χ2n) is 8.58. The largest absolute Gasteiger partial charge is 0.496 e. The highest BCUT2D eigenvalue weighted by atomic mass is 35.5. The molecule has 0 saturated heterocycles. The third-order valence-electron chi connectivity index (χ3n) is 5.82. The summed E-state index contributed by atoms with van der Waals surface area (Å²) in [6.07, 6.45) is 0.0620. The van der Waals surface area contributed by atoms with E-state index in [1.807, 2.05) is 39.0 Å². The summed E-state index contributed by atoms with van der Waals surface area (Å²) in [6.45, 7) is 6.20. The number of carbonyl (C=O) groups excluding carboxylic acids is 1. The lowest BCUT2D eigenvalue weighted by atomic mass is 10.0. The maximum Gasteiger partial charge on any atom is 0.318 e. The highest BCUT2D eigenvalue weighted by Crippen LogP contribution is 2.33. The number of hydrogen-bond donors (Lipinski definition) is 5. The van der Waals surface area contributed by atoms with Crippen LogP contribution in [0.3, 0.4) is 0 Å². The van der Waals surface area contributed by atoms with Crippen LogP contribution in [0.4, 0.5) is 0 Å². The summed E-state index contributed by atoms with van der Waals surface area (Å²) in [4.78, 5) is 16.3. The smallest absolute Gasteiger partial charge is 0.318 e. The van der Waals surface area contributed by atoms with Crippen molar-refractivity contribution in [3.05, 3.63) is 57.6 Å². The normalized spacial score (nSPS) is 14.0. The molecule has 2 aromatic carbocycles. The number of guanidine groups is 1. The first-order valence-electron chi connectivity index (χ1n) is 11.8. The highest BCUT2D eigenvalue weighted by Gasteiger charge is 2.22. The van der Waals surface area contributed by atoms with Crippen LogP contribution in [-0.4, -0.2) is 53.5 Å². The Morgan fingerprint density at radius 1 is 1.22 bits per heavy atom. The molecule has 0 bridgehead atoms. The minimum Gasteiger partial charge on any atom is -0.496 e. The zero-order chi connectivity index (χ0) is 27.5. The molecule has 1 amide bonds. The minimum absolute atomic E-state index is 0.0621. The number of rotatable bonds is 13. The molecule has 10 nitrogen and oxygen atoms in total. The molecule has 0 heterocycles. The summed E-state index contributed by atoms with van der Waals surface area (Å²) in [5.74, 6) is 0.607. The number of methoxy groups -OCH3 is 1. The highest BCUT2D eigenvalue weighted by molar-refractivity contribution is 7.79. The first-order valence-corrected chi connectivity index (χ1v) is 13.3. The van der Waals surface area contributed by atoms with Crippen molar-refractivity contribution in [1.29, 1.82) is 0 Å². The van der Waals surface area contributed by atoms with Crippen molar-refractivity contribution in [1.82, 2.24) is 10.0 Å². The molecule has 0 spiro atoms. The summed E-state index contributed by atoms with van der Waals surface area (Å²) in [5.41, 5.74) is 15.3. The number of amides is 1. The van der Waals surface area contributed by atoms with Gasteiger partial charge in [0.05, 0.1) is 7.11 Å². The first kappa shape index (κ1) is 30.4. The molecule has 0 fully saturated rings. The molecular weight excluding hydrogens is 518 g/mol. The molecule has 0 saturated carbocycles. The lowest BCUT2D eigenvalue weighted by molar-refractivity contribution is -0.130. The number of benzene rings is 2. The average molecular weight is 554 g/mol. The molecule has 0 aliphatic rings. The van der Waals surface area contributed by atoms with Crippen LogP contribution in [0.2, 0.25) is 5.02 Å². The number of hydrogen-bond acceptors (Lipinski definition) is 7. The van der Waals surface area contributed by atoms with Gasteiger partial charge in [0, 0.05) is 24.2 Å². The molecule has 204 valence electrons. The van der Waals surface area contributed by atoms with Gasteiger partial charge in [0.2, 0.25) is 11.9 Å². The van der Waals surface area contributed by atoms with Crippen molar-refractivity contribution >= 4 is 34.7 Å². The van der Waals surface area contributed by atoms with Crippen molar-refractivity contribution in [2.75, 3.05) is 20.2 Å². The second kappa shape index (κ2) is 14.8. The van der Waals surface area contributed by atoms with E-state index in [0.717, 1.165) is 28.0 Å². The molecule has 37 heavy (non-hydrogen) atoms. The number of nitrogens with zero attached hydrogens (tertiary/aromatic N) is 1. The van der Waals surface area contributed by atoms with Gasteiger partial charge in [-0.3, -0.25) is 9.79 Å². The Labute approximate surface area is 225 Å². The van der Waals surface area contributed by atoms with Gasteiger partial charge < -0.3 is 30.8 Å². The van der Waals surface area contributed by atoms with E-state index in [1.54, 1.807) is 19.2 Å². The van der Waals surface area contributed by atoms with E-state index < -0.39 is 29.3 Å². The Kier molecular flexibility index (Phi) is 12.1. The Hall–Kier alpha value is -2.86. The van der Waals surface area contributed by atoms with Gasteiger partial charge in [0.25, 0.3) is 0 Å². The predicted molar refractivity (Wildman–Crippen MR) is 147 cm³/mol. The van der Waals surface area contributed by atoms with E-state index in [2.05, 4.69) is 15.0 Å². The molecule has 2 rings (SSSR count). The van der Waals surface area contributed by atoms with Crippen LogP contribution in [0.25, 0.3) is 0 Å². The molecule has 2 aromatic rings. The van der Waals surface area contributed by atoms with E-state index in [1.165, 1.54) is 0 Å². The number of aryl methyl sites for hydroxylation is 1. The quantitative estimate of drug-likeness (QED) is 0.144. The number of ether oxygens (including phenoxy) is 1. The molecule has 0 aliphatic carbocycles. The second-order valence-corrected chi connectivity index (χ2v) is 9.86. The maximum absolute atomic E-state index is 12.4. The summed E-state index contributed by atoms with van der Waals surface area (Å²) >= 11 is 3.90. The number of nitrogens with two attached hydrogens (primary N) is 2.